The van der Waals surface area contributed by atoms with Crippen LogP contribution in [0.5, 0.6) is 0 Å². The van der Waals surface area contributed by atoms with Gasteiger partial charge in [-0.25, -0.2) is 9.67 Å². The number of anilines is 1. The number of rotatable bonds is 5. The third kappa shape index (κ3) is 5.20. The molecule has 0 aliphatic carbocycles. The van der Waals surface area contributed by atoms with Crippen molar-refractivity contribution in [3.05, 3.63) is 57.9 Å². The number of aromatic nitrogens is 4. The van der Waals surface area contributed by atoms with Crippen LogP contribution >= 0.6 is 23.7 Å². The van der Waals surface area contributed by atoms with Crippen LogP contribution in [0.3, 0.4) is 0 Å². The highest BCUT2D eigenvalue weighted by molar-refractivity contribution is 7.15. The quantitative estimate of drug-likeness (QED) is 0.644. The van der Waals surface area contributed by atoms with E-state index >= 15 is 0 Å². The Hall–Kier alpha value is -2.29. The van der Waals surface area contributed by atoms with Crippen LogP contribution < -0.4 is 10.6 Å². The molecule has 0 radical (unpaired) electrons. The molecule has 3 heterocycles. The first-order valence-electron chi connectivity index (χ1n) is 9.54. The Bertz CT molecular complexity index is 962. The van der Waals surface area contributed by atoms with Crippen molar-refractivity contribution < 1.29 is 4.79 Å². The lowest BCUT2D eigenvalue weighted by molar-refractivity contribution is 0.102. The van der Waals surface area contributed by atoms with E-state index in [9.17, 15) is 4.79 Å². The number of piperidine rings is 1. The Balaban J connectivity index is 0.00000240. The molecule has 2 N–H and O–H groups in total. The van der Waals surface area contributed by atoms with Gasteiger partial charge in [-0.1, -0.05) is 35.0 Å². The Labute approximate surface area is 180 Å². The van der Waals surface area contributed by atoms with Crippen molar-refractivity contribution >= 4 is 34.8 Å². The van der Waals surface area contributed by atoms with E-state index in [4.69, 9.17) is 0 Å². The number of halogens is 1. The van der Waals surface area contributed by atoms with Gasteiger partial charge in [0.05, 0.1) is 17.9 Å². The highest BCUT2D eigenvalue weighted by Gasteiger charge is 2.19. The summed E-state index contributed by atoms with van der Waals surface area (Å²) < 4.78 is 1.81. The first-order chi connectivity index (χ1) is 13.6. The number of aryl methyl sites for hydroxylation is 2. The Morgan fingerprint density at radius 1 is 1.24 bits per heavy atom. The molecule has 9 heteroatoms. The van der Waals surface area contributed by atoms with Gasteiger partial charge in [0.15, 0.2) is 10.8 Å². The summed E-state index contributed by atoms with van der Waals surface area (Å²) in [6, 6.07) is 8.79. The number of hydrogen-bond donors (Lipinski definition) is 2. The van der Waals surface area contributed by atoms with E-state index in [1.54, 1.807) is 6.20 Å². The monoisotopic (exact) mass is 432 g/mol. The molecule has 1 saturated heterocycles. The summed E-state index contributed by atoms with van der Waals surface area (Å²) in [7, 11) is 0. The van der Waals surface area contributed by atoms with E-state index in [-0.39, 0.29) is 18.3 Å². The zero-order chi connectivity index (χ0) is 19.5. The second-order valence-electron chi connectivity index (χ2n) is 7.21. The summed E-state index contributed by atoms with van der Waals surface area (Å²) in [5.74, 6) is -0.268. The van der Waals surface area contributed by atoms with E-state index in [1.807, 2.05) is 11.6 Å². The fourth-order valence-electron chi connectivity index (χ4n) is 3.33. The number of amides is 1. The lowest BCUT2D eigenvalue weighted by Crippen LogP contribution is -2.29. The van der Waals surface area contributed by atoms with E-state index in [2.05, 4.69) is 57.1 Å². The maximum absolute atomic E-state index is 12.6. The van der Waals surface area contributed by atoms with Gasteiger partial charge in [0.25, 0.3) is 5.91 Å². The third-order valence-corrected chi connectivity index (χ3v) is 6.10. The number of hydrogen-bond acceptors (Lipinski definition) is 6. The molecule has 154 valence electrons. The molecular weight excluding hydrogens is 408 g/mol. The predicted octanol–water partition coefficient (Wildman–Crippen LogP) is 3.54. The van der Waals surface area contributed by atoms with E-state index in [0.29, 0.717) is 16.9 Å². The van der Waals surface area contributed by atoms with Crippen molar-refractivity contribution in [1.82, 2.24) is 25.3 Å². The molecule has 2 aromatic heterocycles. The third-order valence-electron chi connectivity index (χ3n) is 5.02. The van der Waals surface area contributed by atoms with Crippen molar-refractivity contribution in [2.24, 2.45) is 0 Å². The highest BCUT2D eigenvalue weighted by Crippen LogP contribution is 2.26. The molecule has 29 heavy (non-hydrogen) atoms. The summed E-state index contributed by atoms with van der Waals surface area (Å²) >= 11 is 1.51. The summed E-state index contributed by atoms with van der Waals surface area (Å²) in [5.41, 5.74) is 3.75. The van der Waals surface area contributed by atoms with Gasteiger partial charge < -0.3 is 5.32 Å². The lowest BCUT2D eigenvalue weighted by Gasteiger charge is -2.21. The normalized spacial score (nSPS) is 14.4. The molecule has 4 rings (SSSR count). The maximum Gasteiger partial charge on any atom is 0.279 e. The van der Waals surface area contributed by atoms with Gasteiger partial charge in [0.2, 0.25) is 0 Å². The molecule has 1 aliphatic heterocycles. The van der Waals surface area contributed by atoms with Gasteiger partial charge in [-0.3, -0.25) is 10.1 Å². The molecule has 1 fully saturated rings. The fourth-order valence-corrected chi connectivity index (χ4v) is 4.32. The topological polar surface area (TPSA) is 84.7 Å². The van der Waals surface area contributed by atoms with Crippen molar-refractivity contribution in [3.63, 3.8) is 0 Å². The van der Waals surface area contributed by atoms with Gasteiger partial charge in [0.1, 0.15) is 0 Å². The minimum Gasteiger partial charge on any atom is -0.317 e. The second-order valence-corrected chi connectivity index (χ2v) is 8.29. The number of carbonyl (C=O) groups is 1. The average Bonchev–Trinajstić information content (AvgIpc) is 3.32. The van der Waals surface area contributed by atoms with Crippen LogP contribution in [0.2, 0.25) is 0 Å². The van der Waals surface area contributed by atoms with Gasteiger partial charge in [-0.05, 0) is 45.3 Å². The Morgan fingerprint density at radius 3 is 2.69 bits per heavy atom. The van der Waals surface area contributed by atoms with Crippen LogP contribution in [0.4, 0.5) is 5.13 Å². The maximum atomic E-state index is 12.6. The molecule has 1 aromatic carbocycles. The van der Waals surface area contributed by atoms with E-state index < -0.39 is 0 Å². The number of carbonyl (C=O) groups excluding carboxylic acids is 1. The Morgan fingerprint density at radius 2 is 1.97 bits per heavy atom. The molecule has 0 spiro atoms. The van der Waals surface area contributed by atoms with Crippen LogP contribution in [0.15, 0.2) is 30.5 Å². The molecule has 3 aromatic rings. The van der Waals surface area contributed by atoms with Crippen LogP contribution in [0, 0.1) is 13.8 Å². The van der Waals surface area contributed by atoms with E-state index in [0.717, 1.165) is 42.9 Å². The SMILES string of the molecule is Cc1ccc(Cc2sc(NC(=O)c3cn(C4CCNCC4)nn3)nc2C)cc1.Cl. The van der Waals surface area contributed by atoms with Gasteiger partial charge in [-0.15, -0.1) is 28.8 Å². The minimum absolute atomic E-state index is 0. The summed E-state index contributed by atoms with van der Waals surface area (Å²) in [4.78, 5) is 18.2. The standard InChI is InChI=1S/C20H24N6OS.ClH/c1-13-3-5-15(6-4-13)11-18-14(2)22-20(28-18)23-19(27)17-12-26(25-24-17)16-7-9-21-10-8-16;/h3-6,12,16,21H,7-11H2,1-2H3,(H,22,23,27);1H. The number of nitrogens with zero attached hydrogens (tertiary/aromatic N) is 4. The van der Waals surface area contributed by atoms with Crippen LogP contribution in [-0.2, 0) is 6.42 Å². The van der Waals surface area contributed by atoms with Crippen LogP contribution in [0.25, 0.3) is 0 Å². The molecule has 7 nitrogen and oxygen atoms in total. The zero-order valence-electron chi connectivity index (χ0n) is 16.5. The molecular formula is C20H25ClN6OS. The summed E-state index contributed by atoms with van der Waals surface area (Å²) in [6.45, 7) is 5.99. The zero-order valence-corrected chi connectivity index (χ0v) is 18.1. The highest BCUT2D eigenvalue weighted by atomic mass is 35.5. The van der Waals surface area contributed by atoms with Crippen molar-refractivity contribution in [1.29, 1.82) is 0 Å². The average molecular weight is 433 g/mol. The molecule has 0 bridgehead atoms. The second kappa shape index (κ2) is 9.47. The molecule has 0 unspecified atom stereocenters. The first-order valence-corrected chi connectivity index (χ1v) is 10.4. The number of benzene rings is 1. The molecule has 0 saturated carbocycles. The smallest absolute Gasteiger partial charge is 0.279 e. The molecule has 1 aliphatic rings. The summed E-state index contributed by atoms with van der Waals surface area (Å²) in [5, 5.41) is 15.0. The number of thiazole rings is 1. The van der Waals surface area contributed by atoms with Crippen LogP contribution in [-0.4, -0.2) is 39.0 Å². The first kappa shape index (κ1) is 21.4. The predicted molar refractivity (Wildman–Crippen MR) is 117 cm³/mol. The van der Waals surface area contributed by atoms with Crippen molar-refractivity contribution in [2.75, 3.05) is 18.4 Å². The van der Waals surface area contributed by atoms with Crippen molar-refractivity contribution in [2.45, 2.75) is 39.2 Å². The largest absolute Gasteiger partial charge is 0.317 e. The van der Waals surface area contributed by atoms with Gasteiger partial charge >= 0.3 is 0 Å². The minimum atomic E-state index is -0.268. The van der Waals surface area contributed by atoms with E-state index in [1.165, 1.54) is 22.5 Å². The lowest BCUT2D eigenvalue weighted by atomic mass is 10.1. The van der Waals surface area contributed by atoms with Crippen molar-refractivity contribution in [3.8, 4) is 0 Å². The fraction of sp³-hybridized carbons (Fsp3) is 0.400. The Kier molecular flexibility index (Phi) is 7.00. The molecule has 1 amide bonds. The van der Waals surface area contributed by atoms with Gasteiger partial charge in [-0.2, -0.15) is 0 Å². The number of nitrogens with one attached hydrogen (secondary N) is 2. The van der Waals surface area contributed by atoms with Crippen LogP contribution in [0.1, 0.15) is 51.1 Å². The molecule has 0 atom stereocenters. The summed E-state index contributed by atoms with van der Waals surface area (Å²) in [6.07, 6.45) is 4.54. The van der Waals surface area contributed by atoms with Gasteiger partial charge in [0, 0.05) is 11.3 Å².